The van der Waals surface area contributed by atoms with E-state index in [0.717, 1.165) is 54.8 Å². The van der Waals surface area contributed by atoms with Gasteiger partial charge in [-0.2, -0.15) is 0 Å². The zero-order valence-electron chi connectivity index (χ0n) is 20.7. The number of rotatable bonds is 3. The van der Waals surface area contributed by atoms with Crippen LogP contribution in [-0.4, -0.2) is 19.9 Å². The summed E-state index contributed by atoms with van der Waals surface area (Å²) in [5.74, 6) is 1.85. The lowest BCUT2D eigenvalue weighted by atomic mass is 10.0. The number of hydrogen-bond acceptors (Lipinski definition) is 5. The number of aromatic nitrogens is 4. The van der Waals surface area contributed by atoms with Gasteiger partial charge in [-0.3, -0.25) is 4.98 Å². The van der Waals surface area contributed by atoms with E-state index in [1.54, 1.807) is 6.20 Å². The summed E-state index contributed by atoms with van der Waals surface area (Å²) < 4.78 is 6.16. The first kappa shape index (κ1) is 21.6. The Bertz CT molecular complexity index is 2100. The number of hydrogen-bond donors (Lipinski definition) is 0. The molecule has 0 aliphatic heterocycles. The Balaban J connectivity index is 1.40. The van der Waals surface area contributed by atoms with E-state index in [-0.39, 0.29) is 0 Å². The molecular formula is C34H20N4O. The summed E-state index contributed by atoms with van der Waals surface area (Å²) in [6.07, 6.45) is 3.67. The molecule has 0 spiro atoms. The lowest BCUT2D eigenvalue weighted by Crippen LogP contribution is -2.00. The van der Waals surface area contributed by atoms with Crippen molar-refractivity contribution in [2.75, 3.05) is 0 Å². The van der Waals surface area contributed by atoms with Crippen molar-refractivity contribution in [3.8, 4) is 34.2 Å². The third-order valence-electron chi connectivity index (χ3n) is 7.19. The molecule has 3 aromatic heterocycles. The second-order valence-corrected chi connectivity index (χ2v) is 9.58. The van der Waals surface area contributed by atoms with E-state index in [0.29, 0.717) is 17.5 Å². The molecule has 0 atom stereocenters. The molecule has 0 fully saturated rings. The molecule has 0 saturated heterocycles. The molecule has 0 radical (unpaired) electrons. The third kappa shape index (κ3) is 3.63. The maximum atomic E-state index is 6.16. The Labute approximate surface area is 223 Å². The van der Waals surface area contributed by atoms with Gasteiger partial charge in [0.2, 0.25) is 0 Å². The van der Waals surface area contributed by atoms with E-state index in [2.05, 4.69) is 59.6 Å². The minimum absolute atomic E-state index is 0.607. The molecule has 8 aromatic rings. The van der Waals surface area contributed by atoms with E-state index in [4.69, 9.17) is 19.4 Å². The summed E-state index contributed by atoms with van der Waals surface area (Å²) in [4.78, 5) is 19.3. The Morgan fingerprint density at radius 3 is 2.00 bits per heavy atom. The number of benzene rings is 5. The first-order valence-corrected chi connectivity index (χ1v) is 12.8. The third-order valence-corrected chi connectivity index (χ3v) is 7.19. The second-order valence-electron chi connectivity index (χ2n) is 9.58. The Morgan fingerprint density at radius 2 is 1.15 bits per heavy atom. The van der Waals surface area contributed by atoms with Gasteiger partial charge in [0.05, 0.1) is 0 Å². The first-order chi connectivity index (χ1) is 19.3. The molecule has 39 heavy (non-hydrogen) atoms. The smallest absolute Gasteiger partial charge is 0.164 e. The summed E-state index contributed by atoms with van der Waals surface area (Å²) in [6.45, 7) is 0. The predicted molar refractivity (Wildman–Crippen MR) is 156 cm³/mol. The number of para-hydroxylation sites is 1. The highest BCUT2D eigenvalue weighted by atomic mass is 16.3. The van der Waals surface area contributed by atoms with Crippen molar-refractivity contribution in [1.29, 1.82) is 0 Å². The molecule has 8 rings (SSSR count). The van der Waals surface area contributed by atoms with E-state index in [1.807, 2.05) is 60.8 Å². The van der Waals surface area contributed by atoms with Crippen LogP contribution in [0.3, 0.4) is 0 Å². The SMILES string of the molecule is c1ccc2cc(-c3nc(-c4ccc5cnccc5c4)nc(-c4cccc5oc6ccccc6c45)n3)ccc2c1. The van der Waals surface area contributed by atoms with Gasteiger partial charge in [-0.25, -0.2) is 15.0 Å². The average molecular weight is 501 g/mol. The Hall–Kier alpha value is -5.42. The van der Waals surface area contributed by atoms with Gasteiger partial charge in [0.25, 0.3) is 0 Å². The van der Waals surface area contributed by atoms with Crippen molar-refractivity contribution in [3.05, 3.63) is 122 Å². The minimum Gasteiger partial charge on any atom is -0.456 e. The van der Waals surface area contributed by atoms with Crippen molar-refractivity contribution >= 4 is 43.5 Å². The summed E-state index contributed by atoms with van der Waals surface area (Å²) >= 11 is 0. The predicted octanol–water partition coefficient (Wildman–Crippen LogP) is 8.47. The fraction of sp³-hybridized carbons (Fsp3) is 0. The lowest BCUT2D eigenvalue weighted by Gasteiger charge is -2.10. The number of fused-ring (bicyclic) bond motifs is 5. The summed E-state index contributed by atoms with van der Waals surface area (Å²) in [5, 5.41) is 6.50. The van der Waals surface area contributed by atoms with Crippen molar-refractivity contribution in [1.82, 2.24) is 19.9 Å². The topological polar surface area (TPSA) is 64.7 Å². The van der Waals surface area contributed by atoms with Crippen molar-refractivity contribution < 1.29 is 4.42 Å². The molecule has 0 N–H and O–H groups in total. The largest absolute Gasteiger partial charge is 0.456 e. The number of nitrogens with zero attached hydrogens (tertiary/aromatic N) is 4. The highest BCUT2D eigenvalue weighted by Crippen LogP contribution is 2.36. The zero-order chi connectivity index (χ0) is 25.8. The van der Waals surface area contributed by atoms with E-state index in [9.17, 15) is 0 Å². The zero-order valence-corrected chi connectivity index (χ0v) is 20.7. The van der Waals surface area contributed by atoms with Gasteiger partial charge < -0.3 is 4.42 Å². The molecule has 182 valence electrons. The standard InChI is InChI=1S/C34H20N4O/c1-2-7-22-18-24(13-12-21(22)6-1)32-36-33(25-14-15-26-20-35-17-16-23(26)19-25)38-34(37-32)28-9-5-11-30-31(28)27-8-3-4-10-29(27)39-30/h1-20H. The molecule has 0 amide bonds. The average Bonchev–Trinajstić information content (AvgIpc) is 3.39. The van der Waals surface area contributed by atoms with Gasteiger partial charge >= 0.3 is 0 Å². The van der Waals surface area contributed by atoms with Gasteiger partial charge in [0.1, 0.15) is 11.2 Å². The van der Waals surface area contributed by atoms with Crippen LogP contribution in [-0.2, 0) is 0 Å². The molecule has 0 aliphatic rings. The van der Waals surface area contributed by atoms with Crippen LogP contribution >= 0.6 is 0 Å². The van der Waals surface area contributed by atoms with Gasteiger partial charge in [0.15, 0.2) is 17.5 Å². The Kier molecular flexibility index (Phi) is 4.76. The monoisotopic (exact) mass is 500 g/mol. The van der Waals surface area contributed by atoms with Crippen molar-refractivity contribution in [2.45, 2.75) is 0 Å². The normalized spacial score (nSPS) is 11.6. The van der Waals surface area contributed by atoms with Crippen LogP contribution < -0.4 is 0 Å². The molecule has 0 bridgehead atoms. The fourth-order valence-electron chi connectivity index (χ4n) is 5.27. The number of pyridine rings is 1. The van der Waals surface area contributed by atoms with Crippen molar-refractivity contribution in [3.63, 3.8) is 0 Å². The molecule has 5 nitrogen and oxygen atoms in total. The van der Waals surface area contributed by atoms with Crippen LogP contribution in [0.5, 0.6) is 0 Å². The summed E-state index contributed by atoms with van der Waals surface area (Å²) in [5.41, 5.74) is 4.41. The molecule has 0 unspecified atom stereocenters. The summed E-state index contributed by atoms with van der Waals surface area (Å²) in [6, 6.07) is 37.0. The second kappa shape index (κ2) is 8.57. The molecule has 3 heterocycles. The van der Waals surface area contributed by atoms with E-state index >= 15 is 0 Å². The molecule has 5 heteroatoms. The molecule has 5 aromatic carbocycles. The Morgan fingerprint density at radius 1 is 0.487 bits per heavy atom. The highest BCUT2D eigenvalue weighted by Gasteiger charge is 2.18. The molecule has 0 saturated carbocycles. The van der Waals surface area contributed by atoms with Gasteiger partial charge in [-0.05, 0) is 46.5 Å². The van der Waals surface area contributed by atoms with Crippen LogP contribution in [0.1, 0.15) is 0 Å². The lowest BCUT2D eigenvalue weighted by molar-refractivity contribution is 0.669. The van der Waals surface area contributed by atoms with Crippen LogP contribution in [0.25, 0.3) is 77.6 Å². The maximum absolute atomic E-state index is 6.16. The van der Waals surface area contributed by atoms with Gasteiger partial charge in [0, 0.05) is 45.2 Å². The van der Waals surface area contributed by atoms with Gasteiger partial charge in [-0.1, -0.05) is 78.9 Å². The highest BCUT2D eigenvalue weighted by molar-refractivity contribution is 6.11. The van der Waals surface area contributed by atoms with Crippen LogP contribution in [0, 0.1) is 0 Å². The quantitative estimate of drug-likeness (QED) is 0.243. The fourth-order valence-corrected chi connectivity index (χ4v) is 5.27. The number of furan rings is 1. The maximum Gasteiger partial charge on any atom is 0.164 e. The van der Waals surface area contributed by atoms with Gasteiger partial charge in [-0.15, -0.1) is 0 Å². The minimum atomic E-state index is 0.607. The molecule has 0 aliphatic carbocycles. The van der Waals surface area contributed by atoms with E-state index < -0.39 is 0 Å². The van der Waals surface area contributed by atoms with Crippen molar-refractivity contribution in [2.24, 2.45) is 0 Å². The summed E-state index contributed by atoms with van der Waals surface area (Å²) in [7, 11) is 0. The van der Waals surface area contributed by atoms with E-state index in [1.165, 1.54) is 5.39 Å². The van der Waals surface area contributed by atoms with Crippen LogP contribution in [0.2, 0.25) is 0 Å². The van der Waals surface area contributed by atoms with Crippen LogP contribution in [0.15, 0.2) is 126 Å². The van der Waals surface area contributed by atoms with Crippen LogP contribution in [0.4, 0.5) is 0 Å². The first-order valence-electron chi connectivity index (χ1n) is 12.8. The molecular weight excluding hydrogens is 480 g/mol.